The van der Waals surface area contributed by atoms with Gasteiger partial charge in [-0.2, -0.15) is 0 Å². The second kappa shape index (κ2) is 8.25. The van der Waals surface area contributed by atoms with Crippen LogP contribution in [0, 0.1) is 0 Å². The maximum Gasteiger partial charge on any atom is 0.322 e. The number of H-pyrrole nitrogens is 1. The van der Waals surface area contributed by atoms with Crippen LogP contribution < -0.4 is 16.6 Å². The van der Waals surface area contributed by atoms with Crippen LogP contribution in [0.3, 0.4) is 0 Å². The van der Waals surface area contributed by atoms with Gasteiger partial charge in [0, 0.05) is 18.3 Å². The first-order valence-electron chi connectivity index (χ1n) is 6.18. The number of carboxylic acid groups (broad SMARTS) is 2. The summed E-state index contributed by atoms with van der Waals surface area (Å²) in [5, 5.41) is 18.1. The van der Waals surface area contributed by atoms with Crippen molar-refractivity contribution in [3.63, 3.8) is 0 Å². The van der Waals surface area contributed by atoms with Gasteiger partial charge in [0.1, 0.15) is 12.1 Å². The molecule has 2 atom stereocenters. The highest BCUT2D eigenvalue weighted by Gasteiger charge is 2.22. The number of rotatable bonds is 10. The Hall–Kier alpha value is -1.97. The topological polar surface area (TPSA) is 153 Å². The van der Waals surface area contributed by atoms with Crippen molar-refractivity contribution in [1.82, 2.24) is 20.8 Å². The van der Waals surface area contributed by atoms with E-state index in [2.05, 4.69) is 20.8 Å². The van der Waals surface area contributed by atoms with Crippen molar-refractivity contribution < 1.29 is 19.8 Å². The number of nitrogens with one attached hydrogen (secondary N) is 3. The Labute approximate surface area is 115 Å². The Bertz CT molecular complexity index is 422. The van der Waals surface area contributed by atoms with Gasteiger partial charge in [-0.3, -0.25) is 9.59 Å². The molecule has 0 saturated heterocycles. The second-order valence-electron chi connectivity index (χ2n) is 4.28. The van der Waals surface area contributed by atoms with Crippen molar-refractivity contribution in [2.24, 2.45) is 5.73 Å². The lowest BCUT2D eigenvalue weighted by molar-refractivity contribution is -0.143. The number of carbonyl (C=O) groups is 2. The second-order valence-corrected chi connectivity index (χ2v) is 4.28. The monoisotopic (exact) mass is 285 g/mol. The number of carboxylic acids is 2. The summed E-state index contributed by atoms with van der Waals surface area (Å²) < 4.78 is 0. The molecule has 0 amide bonds. The number of imidazole rings is 1. The van der Waals surface area contributed by atoms with E-state index in [4.69, 9.17) is 15.9 Å². The van der Waals surface area contributed by atoms with E-state index < -0.39 is 24.0 Å². The number of aliphatic carboxylic acids is 2. The summed E-state index contributed by atoms with van der Waals surface area (Å²) in [6, 6.07) is -1.85. The molecule has 0 aliphatic carbocycles. The molecule has 0 unspecified atom stereocenters. The van der Waals surface area contributed by atoms with Crippen LogP contribution in [0.25, 0.3) is 0 Å². The van der Waals surface area contributed by atoms with Gasteiger partial charge in [0.15, 0.2) is 0 Å². The van der Waals surface area contributed by atoms with Crippen LogP contribution >= 0.6 is 0 Å². The average molecular weight is 285 g/mol. The highest BCUT2D eigenvalue weighted by atomic mass is 16.4. The van der Waals surface area contributed by atoms with E-state index >= 15 is 0 Å². The molecule has 9 heteroatoms. The first kappa shape index (κ1) is 16.1. The normalized spacial score (nSPS) is 13.8. The SMILES string of the molecule is NCCC[C@H](NN[C@@H](Cc1cnc[nH]1)C(=O)O)C(=O)O. The zero-order chi connectivity index (χ0) is 15.0. The highest BCUT2D eigenvalue weighted by molar-refractivity contribution is 5.75. The molecule has 112 valence electrons. The minimum absolute atomic E-state index is 0.158. The summed E-state index contributed by atoms with van der Waals surface area (Å²) in [4.78, 5) is 28.7. The van der Waals surface area contributed by atoms with E-state index in [0.717, 1.165) is 0 Å². The molecule has 0 saturated carbocycles. The maximum atomic E-state index is 11.1. The van der Waals surface area contributed by atoms with Crippen molar-refractivity contribution in [3.05, 3.63) is 18.2 Å². The molecule has 0 fully saturated rings. The van der Waals surface area contributed by atoms with Gasteiger partial charge < -0.3 is 20.9 Å². The number of aromatic amines is 1. The van der Waals surface area contributed by atoms with Crippen molar-refractivity contribution in [2.45, 2.75) is 31.3 Å². The average Bonchev–Trinajstić information content (AvgIpc) is 2.89. The molecule has 9 nitrogen and oxygen atoms in total. The molecule has 1 aromatic heterocycles. The molecule has 0 spiro atoms. The number of aromatic nitrogens is 2. The predicted molar refractivity (Wildman–Crippen MR) is 69.7 cm³/mol. The Balaban J connectivity index is 2.52. The van der Waals surface area contributed by atoms with Crippen LogP contribution in [-0.4, -0.2) is 50.7 Å². The number of nitrogens with two attached hydrogens (primary N) is 1. The Kier molecular flexibility index (Phi) is 6.64. The smallest absolute Gasteiger partial charge is 0.322 e. The van der Waals surface area contributed by atoms with Gasteiger partial charge in [-0.05, 0) is 19.4 Å². The van der Waals surface area contributed by atoms with Crippen molar-refractivity contribution >= 4 is 11.9 Å². The molecule has 20 heavy (non-hydrogen) atoms. The summed E-state index contributed by atoms with van der Waals surface area (Å²) in [5.74, 6) is -2.15. The minimum atomic E-state index is -1.09. The first-order valence-corrected chi connectivity index (χ1v) is 6.18. The van der Waals surface area contributed by atoms with Crippen LogP contribution in [0.2, 0.25) is 0 Å². The lowest BCUT2D eigenvalue weighted by Gasteiger charge is -2.19. The van der Waals surface area contributed by atoms with Crippen molar-refractivity contribution in [3.8, 4) is 0 Å². The van der Waals surface area contributed by atoms with Gasteiger partial charge in [-0.25, -0.2) is 15.8 Å². The van der Waals surface area contributed by atoms with E-state index in [0.29, 0.717) is 25.1 Å². The van der Waals surface area contributed by atoms with Gasteiger partial charge in [-0.15, -0.1) is 0 Å². The van der Waals surface area contributed by atoms with Gasteiger partial charge in [0.25, 0.3) is 0 Å². The summed E-state index contributed by atoms with van der Waals surface area (Å²) in [5.41, 5.74) is 11.0. The van der Waals surface area contributed by atoms with E-state index in [-0.39, 0.29) is 6.42 Å². The zero-order valence-electron chi connectivity index (χ0n) is 10.9. The van der Waals surface area contributed by atoms with Crippen molar-refractivity contribution in [2.75, 3.05) is 6.54 Å². The maximum absolute atomic E-state index is 11.1. The van der Waals surface area contributed by atoms with E-state index in [1.54, 1.807) is 0 Å². The fourth-order valence-electron chi connectivity index (χ4n) is 1.60. The lowest BCUT2D eigenvalue weighted by Crippen LogP contribution is -2.53. The predicted octanol–water partition coefficient (Wildman–Crippen LogP) is -1.31. The fourth-order valence-corrected chi connectivity index (χ4v) is 1.60. The molecule has 0 aromatic carbocycles. The molecule has 0 aliphatic rings. The third-order valence-corrected chi connectivity index (χ3v) is 2.70. The van der Waals surface area contributed by atoms with Gasteiger partial charge >= 0.3 is 11.9 Å². The summed E-state index contributed by atoms with van der Waals surface area (Å²) >= 11 is 0. The molecule has 7 N–H and O–H groups in total. The van der Waals surface area contributed by atoms with Gasteiger partial charge in [0.2, 0.25) is 0 Å². The van der Waals surface area contributed by atoms with E-state index in [1.165, 1.54) is 12.5 Å². The number of hydrazine groups is 1. The first-order chi connectivity index (χ1) is 9.54. The van der Waals surface area contributed by atoms with Crippen LogP contribution in [0.15, 0.2) is 12.5 Å². The zero-order valence-corrected chi connectivity index (χ0v) is 10.9. The van der Waals surface area contributed by atoms with Crippen molar-refractivity contribution in [1.29, 1.82) is 0 Å². The Morgan fingerprint density at radius 1 is 1.30 bits per heavy atom. The molecule has 1 rings (SSSR count). The van der Waals surface area contributed by atoms with Gasteiger partial charge in [-0.1, -0.05) is 0 Å². The largest absolute Gasteiger partial charge is 0.480 e. The molecule has 0 bridgehead atoms. The molecule has 1 aromatic rings. The number of hydrogen-bond acceptors (Lipinski definition) is 6. The summed E-state index contributed by atoms with van der Waals surface area (Å²) in [6.45, 7) is 0.377. The molecule has 0 aliphatic heterocycles. The molecular formula is C11H19N5O4. The van der Waals surface area contributed by atoms with Crippen LogP contribution in [0.5, 0.6) is 0 Å². The summed E-state index contributed by atoms with van der Waals surface area (Å²) in [7, 11) is 0. The Morgan fingerprint density at radius 2 is 1.95 bits per heavy atom. The quantitative estimate of drug-likeness (QED) is 0.290. The summed E-state index contributed by atoms with van der Waals surface area (Å²) in [6.07, 6.45) is 3.97. The van der Waals surface area contributed by atoms with Gasteiger partial charge in [0.05, 0.1) is 6.33 Å². The van der Waals surface area contributed by atoms with Crippen LogP contribution in [-0.2, 0) is 16.0 Å². The number of nitrogens with zero attached hydrogens (tertiary/aromatic N) is 1. The van der Waals surface area contributed by atoms with E-state index in [1.807, 2.05) is 0 Å². The Morgan fingerprint density at radius 3 is 2.45 bits per heavy atom. The molecule has 1 heterocycles. The number of hydrogen-bond donors (Lipinski definition) is 6. The molecule has 0 radical (unpaired) electrons. The fraction of sp³-hybridized carbons (Fsp3) is 0.545. The minimum Gasteiger partial charge on any atom is -0.480 e. The van der Waals surface area contributed by atoms with Crippen LogP contribution in [0.1, 0.15) is 18.5 Å². The van der Waals surface area contributed by atoms with E-state index in [9.17, 15) is 9.59 Å². The highest BCUT2D eigenvalue weighted by Crippen LogP contribution is 2.00. The standard InChI is InChI=1S/C11H19N5O4/c12-3-1-2-8(10(17)18)15-16-9(11(19)20)4-7-5-13-6-14-7/h5-6,8-9,15-16H,1-4,12H2,(H,13,14)(H,17,18)(H,19,20)/t8-,9-/m0/s1. The third-order valence-electron chi connectivity index (χ3n) is 2.70. The van der Waals surface area contributed by atoms with Crippen LogP contribution in [0.4, 0.5) is 0 Å². The lowest BCUT2D eigenvalue weighted by atomic mass is 10.1. The third kappa shape index (κ3) is 5.34. The molecular weight excluding hydrogens is 266 g/mol.